The number of nitrogens with zero attached hydrogens (tertiary/aromatic N) is 2. The Kier molecular flexibility index (Phi) is 3.40. The highest BCUT2D eigenvalue weighted by Gasteiger charge is 2.12. The van der Waals surface area contributed by atoms with Crippen molar-refractivity contribution in [1.82, 2.24) is 9.97 Å². The molecule has 0 aliphatic carbocycles. The van der Waals surface area contributed by atoms with Crippen molar-refractivity contribution in [3.8, 4) is 10.7 Å². The highest BCUT2D eigenvalue weighted by molar-refractivity contribution is 9.11. The summed E-state index contributed by atoms with van der Waals surface area (Å²) >= 11 is 13.0. The quantitative estimate of drug-likeness (QED) is 0.573. The molecule has 0 bridgehead atoms. The molecule has 0 aliphatic rings. The van der Waals surface area contributed by atoms with Crippen molar-refractivity contribution in [1.29, 1.82) is 0 Å². The first-order valence-electron chi connectivity index (χ1n) is 5.39. The molecular formula is C12H8BrClN2S2. The van der Waals surface area contributed by atoms with E-state index in [0.29, 0.717) is 11.0 Å². The second kappa shape index (κ2) is 4.89. The number of halogens is 2. The van der Waals surface area contributed by atoms with E-state index in [1.165, 1.54) is 4.88 Å². The topological polar surface area (TPSA) is 25.8 Å². The van der Waals surface area contributed by atoms with Gasteiger partial charge in [-0.15, -0.1) is 22.7 Å². The van der Waals surface area contributed by atoms with Crippen molar-refractivity contribution in [3.05, 3.63) is 32.0 Å². The summed E-state index contributed by atoms with van der Waals surface area (Å²) in [6.45, 7) is 2.13. The lowest BCUT2D eigenvalue weighted by molar-refractivity contribution is 1.19. The number of thiophene rings is 2. The van der Waals surface area contributed by atoms with Crippen molar-refractivity contribution in [3.63, 3.8) is 0 Å². The van der Waals surface area contributed by atoms with Crippen LogP contribution < -0.4 is 0 Å². The van der Waals surface area contributed by atoms with Gasteiger partial charge < -0.3 is 0 Å². The van der Waals surface area contributed by atoms with Gasteiger partial charge in [-0.2, -0.15) is 0 Å². The minimum Gasteiger partial charge on any atom is -0.216 e. The molecule has 0 aliphatic heterocycles. The fourth-order valence-corrected chi connectivity index (χ4v) is 4.22. The van der Waals surface area contributed by atoms with Gasteiger partial charge in [0.05, 0.1) is 8.66 Å². The predicted octanol–water partition coefficient (Wildman–Crippen LogP) is 5.40. The van der Waals surface area contributed by atoms with Gasteiger partial charge in [-0.05, 0) is 40.5 Å². The number of hydrogen-bond donors (Lipinski definition) is 0. The summed E-state index contributed by atoms with van der Waals surface area (Å²) in [5.74, 6) is 0.702. The van der Waals surface area contributed by atoms with Crippen LogP contribution in [0.5, 0.6) is 0 Å². The minimum absolute atomic E-state index is 0.537. The first kappa shape index (κ1) is 12.5. The van der Waals surface area contributed by atoms with Crippen LogP contribution in [0.4, 0.5) is 0 Å². The fraction of sp³-hybridized carbons (Fsp3) is 0.167. The molecular weight excluding hydrogens is 352 g/mol. The van der Waals surface area contributed by atoms with Crippen molar-refractivity contribution < 1.29 is 0 Å². The van der Waals surface area contributed by atoms with Gasteiger partial charge in [-0.1, -0.05) is 18.5 Å². The van der Waals surface area contributed by atoms with Crippen LogP contribution in [0.25, 0.3) is 20.9 Å². The van der Waals surface area contributed by atoms with E-state index in [1.807, 2.05) is 12.1 Å². The lowest BCUT2D eigenvalue weighted by atomic mass is 10.3. The summed E-state index contributed by atoms with van der Waals surface area (Å²) in [4.78, 5) is 12.3. The van der Waals surface area contributed by atoms with Gasteiger partial charge in [-0.25, -0.2) is 9.97 Å². The zero-order chi connectivity index (χ0) is 12.7. The van der Waals surface area contributed by atoms with Gasteiger partial charge in [0.15, 0.2) is 5.82 Å². The maximum absolute atomic E-state index is 6.24. The monoisotopic (exact) mass is 358 g/mol. The van der Waals surface area contributed by atoms with E-state index in [0.717, 1.165) is 25.3 Å². The molecule has 18 heavy (non-hydrogen) atoms. The summed E-state index contributed by atoms with van der Waals surface area (Å²) in [6, 6.07) is 6.07. The Morgan fingerprint density at radius 3 is 2.78 bits per heavy atom. The summed E-state index contributed by atoms with van der Waals surface area (Å²) < 4.78 is 1.07. The SMILES string of the molecule is CCc1cc2c(Cl)nc(-c3ccc(Br)s3)nc2s1. The molecule has 0 spiro atoms. The van der Waals surface area contributed by atoms with Gasteiger partial charge in [0.25, 0.3) is 0 Å². The third kappa shape index (κ3) is 2.20. The number of aromatic nitrogens is 2. The second-order valence-electron chi connectivity index (χ2n) is 3.73. The maximum Gasteiger partial charge on any atom is 0.172 e. The molecule has 3 heterocycles. The zero-order valence-corrected chi connectivity index (χ0v) is 13.4. The third-order valence-corrected chi connectivity index (χ3v) is 5.62. The molecule has 2 nitrogen and oxygen atoms in total. The Hall–Kier alpha value is -0.490. The molecule has 0 aromatic carbocycles. The molecule has 92 valence electrons. The van der Waals surface area contributed by atoms with E-state index in [1.54, 1.807) is 22.7 Å². The molecule has 0 radical (unpaired) electrons. The standard InChI is InChI=1S/C12H8BrClN2S2/c1-2-6-5-7-10(14)15-11(16-12(7)17-6)8-3-4-9(13)18-8/h3-5H,2H2,1H3. The predicted molar refractivity (Wildman–Crippen MR) is 82.8 cm³/mol. The molecule has 0 saturated heterocycles. The lowest BCUT2D eigenvalue weighted by Crippen LogP contribution is -1.86. The Bertz CT molecular complexity index is 720. The average molecular weight is 360 g/mol. The third-order valence-electron chi connectivity index (χ3n) is 2.54. The van der Waals surface area contributed by atoms with E-state index in [9.17, 15) is 0 Å². The van der Waals surface area contributed by atoms with E-state index in [-0.39, 0.29) is 0 Å². The Morgan fingerprint density at radius 1 is 1.28 bits per heavy atom. The van der Waals surface area contributed by atoms with Crippen molar-refractivity contribution in [2.75, 3.05) is 0 Å². The number of aryl methyl sites for hydroxylation is 1. The van der Waals surface area contributed by atoms with E-state index >= 15 is 0 Å². The Labute approximate surface area is 126 Å². The summed E-state index contributed by atoms with van der Waals surface area (Å²) in [5, 5.41) is 1.49. The first-order chi connectivity index (χ1) is 8.67. The highest BCUT2D eigenvalue weighted by atomic mass is 79.9. The highest BCUT2D eigenvalue weighted by Crippen LogP contribution is 2.34. The van der Waals surface area contributed by atoms with Crippen LogP contribution in [0.1, 0.15) is 11.8 Å². The second-order valence-corrected chi connectivity index (χ2v) is 7.66. The van der Waals surface area contributed by atoms with Crippen LogP contribution in [0.15, 0.2) is 22.0 Å². The maximum atomic E-state index is 6.24. The van der Waals surface area contributed by atoms with Gasteiger partial charge in [0.2, 0.25) is 0 Å². The smallest absolute Gasteiger partial charge is 0.172 e. The van der Waals surface area contributed by atoms with E-state index < -0.39 is 0 Å². The van der Waals surface area contributed by atoms with Crippen molar-refractivity contribution in [2.45, 2.75) is 13.3 Å². The molecule has 3 aromatic rings. The molecule has 3 rings (SSSR count). The molecule has 6 heteroatoms. The zero-order valence-electron chi connectivity index (χ0n) is 9.41. The summed E-state index contributed by atoms with van der Waals surface area (Å²) in [5.41, 5.74) is 0. The van der Waals surface area contributed by atoms with Gasteiger partial charge in [0.1, 0.15) is 9.98 Å². The van der Waals surface area contributed by atoms with Crippen LogP contribution in [-0.2, 0) is 6.42 Å². The fourth-order valence-electron chi connectivity index (χ4n) is 1.66. The van der Waals surface area contributed by atoms with Crippen molar-refractivity contribution in [2.24, 2.45) is 0 Å². The molecule has 0 amide bonds. The molecule has 0 saturated carbocycles. The largest absolute Gasteiger partial charge is 0.216 e. The molecule has 0 unspecified atom stereocenters. The van der Waals surface area contributed by atoms with Crippen LogP contribution in [0.2, 0.25) is 5.15 Å². The normalized spacial score (nSPS) is 11.3. The Balaban J connectivity index is 2.20. The lowest BCUT2D eigenvalue weighted by Gasteiger charge is -1.98. The first-order valence-corrected chi connectivity index (χ1v) is 8.19. The molecule has 0 atom stereocenters. The summed E-state index contributed by atoms with van der Waals surface area (Å²) in [6.07, 6.45) is 0.997. The van der Waals surface area contributed by atoms with Crippen LogP contribution in [0, 0.1) is 0 Å². The van der Waals surface area contributed by atoms with Gasteiger partial charge in [0, 0.05) is 10.3 Å². The average Bonchev–Trinajstić information content (AvgIpc) is 2.94. The van der Waals surface area contributed by atoms with Crippen LogP contribution in [-0.4, -0.2) is 9.97 Å². The van der Waals surface area contributed by atoms with E-state index in [4.69, 9.17) is 11.6 Å². The van der Waals surface area contributed by atoms with Gasteiger partial charge >= 0.3 is 0 Å². The van der Waals surface area contributed by atoms with Crippen LogP contribution >= 0.6 is 50.2 Å². The molecule has 0 N–H and O–H groups in total. The van der Waals surface area contributed by atoms with Crippen LogP contribution in [0.3, 0.4) is 0 Å². The number of hydrogen-bond acceptors (Lipinski definition) is 4. The molecule has 3 aromatic heterocycles. The summed E-state index contributed by atoms with van der Waals surface area (Å²) in [7, 11) is 0. The molecule has 0 fully saturated rings. The van der Waals surface area contributed by atoms with Gasteiger partial charge in [-0.3, -0.25) is 0 Å². The number of fused-ring (bicyclic) bond motifs is 1. The van der Waals surface area contributed by atoms with E-state index in [2.05, 4.69) is 38.9 Å². The Morgan fingerprint density at radius 2 is 2.11 bits per heavy atom. The number of rotatable bonds is 2. The minimum atomic E-state index is 0.537. The van der Waals surface area contributed by atoms with Crippen molar-refractivity contribution >= 4 is 60.4 Å².